The third-order valence-electron chi connectivity index (χ3n) is 2.49. The fraction of sp³-hybridized carbons (Fsp3) is 0.0833. The summed E-state index contributed by atoms with van der Waals surface area (Å²) in [4.78, 5) is 8.39. The van der Waals surface area contributed by atoms with Crippen molar-refractivity contribution in [2.45, 2.75) is 6.92 Å². The van der Waals surface area contributed by atoms with E-state index in [4.69, 9.17) is 0 Å². The van der Waals surface area contributed by atoms with E-state index in [0.717, 1.165) is 10.4 Å². The largest absolute Gasteiger partial charge is 0.619 e. The normalized spacial score (nSPS) is 11.0. The van der Waals surface area contributed by atoms with Crippen LogP contribution >= 0.6 is 11.3 Å². The summed E-state index contributed by atoms with van der Waals surface area (Å²) in [7, 11) is 0. The van der Waals surface area contributed by atoms with Gasteiger partial charge in [-0.3, -0.25) is 0 Å². The van der Waals surface area contributed by atoms with E-state index in [2.05, 4.69) is 9.97 Å². The van der Waals surface area contributed by atoms with Crippen LogP contribution in [0.5, 0.6) is 0 Å². The van der Waals surface area contributed by atoms with Crippen molar-refractivity contribution >= 4 is 21.6 Å². The summed E-state index contributed by atoms with van der Waals surface area (Å²) in [5, 5.41) is 11.6. The third-order valence-corrected chi connectivity index (χ3v) is 3.53. The van der Waals surface area contributed by atoms with Gasteiger partial charge in [-0.25, -0.2) is 14.4 Å². The van der Waals surface area contributed by atoms with Gasteiger partial charge in [-0.15, -0.1) is 11.3 Å². The summed E-state index contributed by atoms with van der Waals surface area (Å²) < 4.78 is 15.2. The maximum atomic E-state index is 13.7. The molecule has 0 saturated heterocycles. The molecule has 3 rings (SSSR count). The highest BCUT2D eigenvalue weighted by Crippen LogP contribution is 2.29. The van der Waals surface area contributed by atoms with Crippen molar-refractivity contribution < 1.29 is 9.12 Å². The van der Waals surface area contributed by atoms with Gasteiger partial charge in [0.15, 0.2) is 12.0 Å². The molecule has 90 valence electrons. The minimum atomic E-state index is -0.408. The molecule has 0 spiro atoms. The number of hydrogen-bond donors (Lipinski definition) is 0. The predicted octanol–water partition coefficient (Wildman–Crippen LogP) is 2.44. The number of pyridine rings is 2. The number of aryl methyl sites for hydroxylation is 1. The van der Waals surface area contributed by atoms with Crippen LogP contribution in [0.25, 0.3) is 20.9 Å². The van der Waals surface area contributed by atoms with Crippen molar-refractivity contribution in [3.05, 3.63) is 47.3 Å². The Bertz CT molecular complexity index is 741. The summed E-state index contributed by atoms with van der Waals surface area (Å²) in [6, 6.07) is 4.65. The SMILES string of the molecule is Cc1ccc(F)c(-c2nc3c[n+]([O-])ccc3s2)n1. The van der Waals surface area contributed by atoms with Crippen LogP contribution in [-0.4, -0.2) is 9.97 Å². The Morgan fingerprint density at radius 2 is 2.11 bits per heavy atom. The molecule has 0 radical (unpaired) electrons. The molecule has 3 aromatic heterocycles. The van der Waals surface area contributed by atoms with Gasteiger partial charge in [-0.05, 0) is 19.1 Å². The number of thiazole rings is 1. The topological polar surface area (TPSA) is 52.7 Å². The van der Waals surface area contributed by atoms with Gasteiger partial charge in [-0.2, -0.15) is 4.73 Å². The fourth-order valence-electron chi connectivity index (χ4n) is 1.65. The summed E-state index contributed by atoms with van der Waals surface area (Å²) in [5.74, 6) is -0.408. The summed E-state index contributed by atoms with van der Waals surface area (Å²) in [6.45, 7) is 1.79. The molecule has 0 saturated carbocycles. The number of aromatic nitrogens is 3. The first-order valence-electron chi connectivity index (χ1n) is 5.26. The first kappa shape index (κ1) is 11.0. The van der Waals surface area contributed by atoms with E-state index in [9.17, 15) is 9.60 Å². The highest BCUT2D eigenvalue weighted by Gasteiger charge is 2.13. The number of hydrogen-bond acceptors (Lipinski definition) is 4. The van der Waals surface area contributed by atoms with Gasteiger partial charge in [-0.1, -0.05) is 0 Å². The molecule has 0 atom stereocenters. The van der Waals surface area contributed by atoms with E-state index in [-0.39, 0.29) is 5.69 Å². The zero-order valence-electron chi connectivity index (χ0n) is 9.42. The van der Waals surface area contributed by atoms with Crippen molar-refractivity contribution in [1.82, 2.24) is 9.97 Å². The van der Waals surface area contributed by atoms with E-state index >= 15 is 0 Å². The molecule has 0 unspecified atom stereocenters. The van der Waals surface area contributed by atoms with E-state index in [1.807, 2.05) is 0 Å². The zero-order chi connectivity index (χ0) is 12.7. The molecule has 0 aliphatic heterocycles. The van der Waals surface area contributed by atoms with Gasteiger partial charge in [0.05, 0.1) is 4.70 Å². The summed E-state index contributed by atoms with van der Waals surface area (Å²) in [6.07, 6.45) is 2.76. The number of rotatable bonds is 1. The molecule has 3 heterocycles. The van der Waals surface area contributed by atoms with Crippen molar-refractivity contribution in [3.8, 4) is 10.7 Å². The van der Waals surface area contributed by atoms with Gasteiger partial charge in [0, 0.05) is 11.8 Å². The second-order valence-corrected chi connectivity index (χ2v) is 4.89. The van der Waals surface area contributed by atoms with Crippen molar-refractivity contribution in [3.63, 3.8) is 0 Å². The van der Waals surface area contributed by atoms with Crippen LogP contribution < -0.4 is 4.73 Å². The molecule has 0 fully saturated rings. The molecule has 6 heteroatoms. The fourth-order valence-corrected chi connectivity index (χ4v) is 2.58. The van der Waals surface area contributed by atoms with Crippen molar-refractivity contribution in [1.29, 1.82) is 0 Å². The lowest BCUT2D eigenvalue weighted by molar-refractivity contribution is -0.603. The van der Waals surface area contributed by atoms with Crippen LogP contribution in [0, 0.1) is 17.9 Å². The van der Waals surface area contributed by atoms with Crippen LogP contribution in [0.4, 0.5) is 4.39 Å². The molecule has 0 bridgehead atoms. The van der Waals surface area contributed by atoms with Gasteiger partial charge in [0.25, 0.3) is 0 Å². The molecule has 3 aromatic rings. The van der Waals surface area contributed by atoms with Crippen LogP contribution in [-0.2, 0) is 0 Å². The smallest absolute Gasteiger partial charge is 0.207 e. The maximum absolute atomic E-state index is 13.7. The lowest BCUT2D eigenvalue weighted by Crippen LogP contribution is -2.23. The molecule has 18 heavy (non-hydrogen) atoms. The molecular weight excluding hydrogens is 253 g/mol. The van der Waals surface area contributed by atoms with Gasteiger partial charge < -0.3 is 5.21 Å². The van der Waals surface area contributed by atoms with Gasteiger partial charge in [0.2, 0.25) is 6.20 Å². The quantitative estimate of drug-likeness (QED) is 0.499. The van der Waals surface area contributed by atoms with E-state index < -0.39 is 5.82 Å². The number of fused-ring (bicyclic) bond motifs is 1. The van der Waals surface area contributed by atoms with E-state index in [1.54, 1.807) is 19.1 Å². The minimum absolute atomic E-state index is 0.230. The van der Waals surface area contributed by atoms with E-state index in [1.165, 1.54) is 29.8 Å². The number of nitrogens with zero attached hydrogens (tertiary/aromatic N) is 3. The molecule has 0 aromatic carbocycles. The van der Waals surface area contributed by atoms with Gasteiger partial charge in [0.1, 0.15) is 16.2 Å². The van der Waals surface area contributed by atoms with Crippen molar-refractivity contribution in [2.24, 2.45) is 0 Å². The second-order valence-electron chi connectivity index (χ2n) is 3.86. The van der Waals surface area contributed by atoms with Crippen LogP contribution in [0.3, 0.4) is 0 Å². The lowest BCUT2D eigenvalue weighted by Gasteiger charge is -1.98. The Morgan fingerprint density at radius 1 is 1.28 bits per heavy atom. The Morgan fingerprint density at radius 3 is 2.94 bits per heavy atom. The Balaban J connectivity index is 2.22. The Kier molecular flexibility index (Phi) is 2.45. The highest BCUT2D eigenvalue weighted by molar-refractivity contribution is 7.21. The molecule has 0 aliphatic rings. The van der Waals surface area contributed by atoms with Crippen molar-refractivity contribution in [2.75, 3.05) is 0 Å². The zero-order valence-corrected chi connectivity index (χ0v) is 10.2. The standard InChI is InChI=1S/C12H8FN3OS/c1-7-2-3-8(13)11(14-7)12-15-9-6-16(17)5-4-10(9)18-12/h2-6H,1H3. The first-order chi connectivity index (χ1) is 8.63. The molecular formula is C12H8FN3OS. The molecule has 0 amide bonds. The monoisotopic (exact) mass is 261 g/mol. The summed E-state index contributed by atoms with van der Waals surface area (Å²) >= 11 is 1.32. The first-order valence-corrected chi connectivity index (χ1v) is 6.08. The molecule has 0 aliphatic carbocycles. The van der Waals surface area contributed by atoms with Crippen LogP contribution in [0.15, 0.2) is 30.6 Å². The second kappa shape index (κ2) is 3.99. The average Bonchev–Trinajstić information content (AvgIpc) is 2.74. The lowest BCUT2D eigenvalue weighted by atomic mass is 10.3. The Labute approximate surface area is 106 Å². The highest BCUT2D eigenvalue weighted by atomic mass is 32.1. The molecule has 4 nitrogen and oxygen atoms in total. The summed E-state index contributed by atoms with van der Waals surface area (Å²) in [5.41, 5.74) is 1.51. The maximum Gasteiger partial charge on any atom is 0.207 e. The van der Waals surface area contributed by atoms with Crippen LogP contribution in [0.1, 0.15) is 5.69 Å². The number of halogens is 1. The van der Waals surface area contributed by atoms with Gasteiger partial charge >= 0.3 is 0 Å². The Hall–Kier alpha value is -2.08. The third kappa shape index (κ3) is 1.80. The minimum Gasteiger partial charge on any atom is -0.619 e. The predicted molar refractivity (Wildman–Crippen MR) is 66.5 cm³/mol. The average molecular weight is 261 g/mol. The van der Waals surface area contributed by atoms with Crippen LogP contribution in [0.2, 0.25) is 0 Å². The van der Waals surface area contributed by atoms with E-state index in [0.29, 0.717) is 15.3 Å². The molecule has 0 N–H and O–H groups in total.